The maximum Gasteiger partial charge on any atom is 0.251 e. The molecule has 1 saturated heterocycles. The molecule has 0 aromatic heterocycles. The lowest BCUT2D eigenvalue weighted by Gasteiger charge is -2.34. The van der Waals surface area contributed by atoms with E-state index in [0.717, 1.165) is 12.0 Å². The second-order valence-electron chi connectivity index (χ2n) is 7.71. The molecular formula is C23H29N3O4S. The third kappa shape index (κ3) is 5.51. The quantitative estimate of drug-likeness (QED) is 0.712. The molecule has 1 fully saturated rings. The Morgan fingerprint density at radius 2 is 1.58 bits per heavy atom. The number of carbonyl (C=O) groups excluding carboxylic acids is 2. The second-order valence-corrected chi connectivity index (χ2v) is 9.65. The summed E-state index contributed by atoms with van der Waals surface area (Å²) < 4.78 is 27.3. The Balaban J connectivity index is 1.53. The summed E-state index contributed by atoms with van der Waals surface area (Å²) in [6.45, 7) is 5.15. The molecule has 1 aliphatic rings. The van der Waals surface area contributed by atoms with E-state index in [9.17, 15) is 18.0 Å². The summed E-state index contributed by atoms with van der Waals surface area (Å²) >= 11 is 0. The highest BCUT2D eigenvalue weighted by Gasteiger charge is 2.30. The van der Waals surface area contributed by atoms with Gasteiger partial charge >= 0.3 is 0 Å². The average Bonchev–Trinajstić information content (AvgIpc) is 2.82. The van der Waals surface area contributed by atoms with E-state index in [2.05, 4.69) is 19.2 Å². The van der Waals surface area contributed by atoms with Crippen molar-refractivity contribution in [2.45, 2.75) is 31.1 Å². The first-order valence-electron chi connectivity index (χ1n) is 10.5. The molecule has 0 spiro atoms. The van der Waals surface area contributed by atoms with Crippen LogP contribution in [-0.4, -0.2) is 62.2 Å². The van der Waals surface area contributed by atoms with Crippen molar-refractivity contribution in [2.75, 3.05) is 32.7 Å². The van der Waals surface area contributed by atoms with Gasteiger partial charge in [-0.15, -0.1) is 0 Å². The summed E-state index contributed by atoms with van der Waals surface area (Å²) in [7, 11) is -3.60. The first-order chi connectivity index (χ1) is 14.8. The van der Waals surface area contributed by atoms with Gasteiger partial charge in [-0.2, -0.15) is 4.31 Å². The van der Waals surface area contributed by atoms with Gasteiger partial charge in [-0.1, -0.05) is 44.2 Å². The van der Waals surface area contributed by atoms with Crippen LogP contribution in [0.3, 0.4) is 0 Å². The number of hydrogen-bond acceptors (Lipinski definition) is 4. The summed E-state index contributed by atoms with van der Waals surface area (Å²) in [5.74, 6) is -0.149. The molecule has 2 aromatic carbocycles. The topological polar surface area (TPSA) is 86.8 Å². The lowest BCUT2D eigenvalue weighted by atomic mass is 9.99. The standard InChI is InChI=1S/C23H29N3O4S/c1-3-18(2)19-9-11-21(12-10-19)31(29,30)26-15-13-25(14-16-26)22(27)17-24-23(28)20-7-5-4-6-8-20/h4-12,18H,3,13-17H2,1-2H3,(H,24,28)/t18-/m0/s1. The number of benzene rings is 2. The highest BCUT2D eigenvalue weighted by molar-refractivity contribution is 7.89. The maximum absolute atomic E-state index is 13.0. The van der Waals surface area contributed by atoms with E-state index in [-0.39, 0.29) is 36.3 Å². The Hall–Kier alpha value is -2.71. The molecule has 8 heteroatoms. The minimum Gasteiger partial charge on any atom is -0.343 e. The first kappa shape index (κ1) is 23.0. The van der Waals surface area contributed by atoms with E-state index in [0.29, 0.717) is 24.6 Å². The molecular weight excluding hydrogens is 414 g/mol. The summed E-state index contributed by atoms with van der Waals surface area (Å²) in [5.41, 5.74) is 1.61. The van der Waals surface area contributed by atoms with E-state index < -0.39 is 10.0 Å². The number of carbonyl (C=O) groups is 2. The predicted octanol–water partition coefficient (Wildman–Crippen LogP) is 2.46. The van der Waals surface area contributed by atoms with Crippen molar-refractivity contribution in [3.63, 3.8) is 0 Å². The molecule has 166 valence electrons. The van der Waals surface area contributed by atoms with Crippen molar-refractivity contribution in [2.24, 2.45) is 0 Å². The van der Waals surface area contributed by atoms with E-state index >= 15 is 0 Å². The lowest BCUT2D eigenvalue weighted by Crippen LogP contribution is -2.52. The Bertz CT molecular complexity index is 999. The van der Waals surface area contributed by atoms with Crippen LogP contribution >= 0.6 is 0 Å². The molecule has 2 aromatic rings. The van der Waals surface area contributed by atoms with E-state index in [1.165, 1.54) is 4.31 Å². The first-order valence-corrected chi connectivity index (χ1v) is 12.0. The third-order valence-corrected chi connectivity index (χ3v) is 7.64. The highest BCUT2D eigenvalue weighted by atomic mass is 32.2. The minimum absolute atomic E-state index is 0.114. The molecule has 0 saturated carbocycles. The zero-order valence-corrected chi connectivity index (χ0v) is 18.8. The summed E-state index contributed by atoms with van der Waals surface area (Å²) in [4.78, 5) is 26.4. The van der Waals surface area contributed by atoms with Crippen LogP contribution in [-0.2, 0) is 14.8 Å². The third-order valence-electron chi connectivity index (χ3n) is 5.73. The van der Waals surface area contributed by atoms with Crippen molar-refractivity contribution in [1.29, 1.82) is 0 Å². The molecule has 0 aliphatic carbocycles. The van der Waals surface area contributed by atoms with Gasteiger partial charge < -0.3 is 10.2 Å². The SMILES string of the molecule is CC[C@H](C)c1ccc(S(=O)(=O)N2CCN(C(=O)CNC(=O)c3ccccc3)CC2)cc1. The van der Waals surface area contributed by atoms with Gasteiger partial charge in [-0.25, -0.2) is 8.42 Å². The van der Waals surface area contributed by atoms with Crippen LogP contribution in [0.5, 0.6) is 0 Å². The van der Waals surface area contributed by atoms with Gasteiger partial charge in [0.25, 0.3) is 5.91 Å². The number of hydrogen-bond donors (Lipinski definition) is 1. The normalized spacial score (nSPS) is 16.0. The van der Waals surface area contributed by atoms with Gasteiger partial charge in [-0.3, -0.25) is 9.59 Å². The fourth-order valence-corrected chi connectivity index (χ4v) is 4.91. The predicted molar refractivity (Wildman–Crippen MR) is 119 cm³/mol. The highest BCUT2D eigenvalue weighted by Crippen LogP contribution is 2.23. The summed E-state index contributed by atoms with van der Waals surface area (Å²) in [6, 6.07) is 15.8. The Labute approximate surface area is 184 Å². The fraction of sp³-hybridized carbons (Fsp3) is 0.391. The van der Waals surface area contributed by atoms with Crippen LogP contribution in [0.2, 0.25) is 0 Å². The van der Waals surface area contributed by atoms with Crippen LogP contribution < -0.4 is 5.32 Å². The van der Waals surface area contributed by atoms with Crippen LogP contribution in [0.1, 0.15) is 42.1 Å². The van der Waals surface area contributed by atoms with Crippen molar-refractivity contribution in [1.82, 2.24) is 14.5 Å². The number of amides is 2. The molecule has 3 rings (SSSR count). The summed E-state index contributed by atoms with van der Waals surface area (Å²) in [5, 5.41) is 2.62. The number of rotatable bonds is 7. The molecule has 0 radical (unpaired) electrons. The van der Waals surface area contributed by atoms with Crippen LogP contribution in [0.15, 0.2) is 59.5 Å². The zero-order chi connectivity index (χ0) is 22.4. The van der Waals surface area contributed by atoms with Gasteiger partial charge in [0.2, 0.25) is 15.9 Å². The zero-order valence-electron chi connectivity index (χ0n) is 18.0. The Morgan fingerprint density at radius 1 is 0.968 bits per heavy atom. The molecule has 0 unspecified atom stereocenters. The number of piperazine rings is 1. The largest absolute Gasteiger partial charge is 0.343 e. The molecule has 1 N–H and O–H groups in total. The fourth-order valence-electron chi connectivity index (χ4n) is 3.49. The van der Waals surface area contributed by atoms with Crippen LogP contribution in [0, 0.1) is 0 Å². The van der Waals surface area contributed by atoms with Gasteiger partial charge in [0.15, 0.2) is 0 Å². The number of nitrogens with one attached hydrogen (secondary N) is 1. The molecule has 1 aliphatic heterocycles. The molecule has 2 amide bonds. The van der Waals surface area contributed by atoms with Crippen molar-refractivity contribution in [3.05, 3.63) is 65.7 Å². The molecule has 1 heterocycles. The van der Waals surface area contributed by atoms with E-state index in [1.807, 2.05) is 18.2 Å². The summed E-state index contributed by atoms with van der Waals surface area (Å²) in [6.07, 6.45) is 0.994. The van der Waals surface area contributed by atoms with E-state index in [4.69, 9.17) is 0 Å². The molecule has 31 heavy (non-hydrogen) atoms. The second kappa shape index (κ2) is 10.1. The van der Waals surface area contributed by atoms with Gasteiger partial charge in [0.1, 0.15) is 0 Å². The molecule has 7 nitrogen and oxygen atoms in total. The molecule has 0 bridgehead atoms. The average molecular weight is 444 g/mol. The van der Waals surface area contributed by atoms with Gasteiger partial charge in [-0.05, 0) is 42.2 Å². The van der Waals surface area contributed by atoms with Crippen LogP contribution in [0.25, 0.3) is 0 Å². The number of nitrogens with zero attached hydrogens (tertiary/aromatic N) is 2. The Kier molecular flexibility index (Phi) is 7.46. The van der Waals surface area contributed by atoms with Crippen molar-refractivity contribution < 1.29 is 18.0 Å². The Morgan fingerprint density at radius 3 is 2.16 bits per heavy atom. The maximum atomic E-state index is 13.0. The van der Waals surface area contributed by atoms with Crippen molar-refractivity contribution >= 4 is 21.8 Å². The number of sulfonamides is 1. The van der Waals surface area contributed by atoms with E-state index in [1.54, 1.807) is 41.3 Å². The lowest BCUT2D eigenvalue weighted by molar-refractivity contribution is -0.131. The minimum atomic E-state index is -3.60. The van der Waals surface area contributed by atoms with Gasteiger partial charge in [0, 0.05) is 31.7 Å². The van der Waals surface area contributed by atoms with Crippen molar-refractivity contribution in [3.8, 4) is 0 Å². The monoisotopic (exact) mass is 443 g/mol. The smallest absolute Gasteiger partial charge is 0.251 e. The molecule has 1 atom stereocenters. The van der Waals surface area contributed by atoms with Gasteiger partial charge in [0.05, 0.1) is 11.4 Å². The van der Waals surface area contributed by atoms with Crippen LogP contribution in [0.4, 0.5) is 0 Å².